The van der Waals surface area contributed by atoms with Crippen molar-refractivity contribution in [1.82, 2.24) is 0 Å². The lowest BCUT2D eigenvalue weighted by atomic mass is 9.93. The Labute approximate surface area is 170 Å². The van der Waals surface area contributed by atoms with Crippen LogP contribution in [0, 0.1) is 18.2 Å². The molecule has 1 aliphatic rings. The summed E-state index contributed by atoms with van der Waals surface area (Å²) >= 11 is 0. The number of ether oxygens (including phenoxy) is 1. The van der Waals surface area contributed by atoms with Crippen molar-refractivity contribution in [3.8, 4) is 5.75 Å². The van der Waals surface area contributed by atoms with E-state index in [1.165, 1.54) is 19.1 Å². The molecule has 0 aliphatic carbocycles. The number of nitrogens with one attached hydrogen (secondary N) is 1. The Hall–Kier alpha value is -2.61. The zero-order valence-corrected chi connectivity index (χ0v) is 17.8. The fourth-order valence-corrected chi connectivity index (χ4v) is 4.56. The predicted octanol–water partition coefficient (Wildman–Crippen LogP) is 4.10. The quantitative estimate of drug-likeness (QED) is 0.790. The molecule has 0 radical (unpaired) electrons. The Bertz CT molecular complexity index is 1050. The lowest BCUT2D eigenvalue weighted by Gasteiger charge is -2.28. The van der Waals surface area contributed by atoms with Crippen LogP contribution in [0.2, 0.25) is 0 Å². The number of benzene rings is 2. The lowest BCUT2D eigenvalue weighted by molar-refractivity contribution is -0.127. The molecule has 1 N–H and O–H groups in total. The van der Waals surface area contributed by atoms with Crippen LogP contribution < -0.4 is 14.4 Å². The van der Waals surface area contributed by atoms with Gasteiger partial charge >= 0.3 is 0 Å². The maximum Gasteiger partial charge on any atom is 0.262 e. The Morgan fingerprint density at radius 3 is 2.59 bits per heavy atom. The number of fused-ring (bicyclic) bond motifs is 1. The van der Waals surface area contributed by atoms with E-state index in [9.17, 15) is 17.6 Å². The summed E-state index contributed by atoms with van der Waals surface area (Å²) in [4.78, 5) is 14.6. The summed E-state index contributed by atoms with van der Waals surface area (Å²) in [7, 11) is -3.92. The van der Waals surface area contributed by atoms with E-state index in [0.717, 1.165) is 12.5 Å². The average molecular weight is 421 g/mol. The second-order valence-corrected chi connectivity index (χ2v) is 9.48. The first kappa shape index (κ1) is 21.1. The molecule has 2 aromatic carbocycles. The summed E-state index contributed by atoms with van der Waals surface area (Å²) in [6.45, 7) is 7.88. The summed E-state index contributed by atoms with van der Waals surface area (Å²) in [6.07, 6.45) is 0.742. The number of hydrogen-bond acceptors (Lipinski definition) is 4. The first-order valence-corrected chi connectivity index (χ1v) is 10.9. The molecule has 2 aromatic rings. The van der Waals surface area contributed by atoms with E-state index in [1.807, 2.05) is 20.8 Å². The molecule has 0 saturated heterocycles. The molecule has 156 valence electrons. The number of carbonyl (C=O) groups is 1. The number of rotatable bonds is 5. The summed E-state index contributed by atoms with van der Waals surface area (Å²) in [6, 6.07) is 8.35. The second kappa shape index (κ2) is 7.67. The molecule has 0 atom stereocenters. The molecule has 1 amide bonds. The zero-order valence-electron chi connectivity index (χ0n) is 17.0. The van der Waals surface area contributed by atoms with Crippen LogP contribution in [0.4, 0.5) is 15.8 Å². The third-order valence-electron chi connectivity index (χ3n) is 4.79. The van der Waals surface area contributed by atoms with Crippen LogP contribution in [0.1, 0.15) is 32.8 Å². The molecular weight excluding hydrogens is 395 g/mol. The predicted molar refractivity (Wildman–Crippen MR) is 110 cm³/mol. The van der Waals surface area contributed by atoms with Crippen LogP contribution in [0.5, 0.6) is 5.75 Å². The van der Waals surface area contributed by atoms with Crippen LogP contribution in [0.25, 0.3) is 0 Å². The van der Waals surface area contributed by atoms with E-state index in [0.29, 0.717) is 29.2 Å². The Kier molecular flexibility index (Phi) is 5.58. The van der Waals surface area contributed by atoms with Crippen LogP contribution in [-0.2, 0) is 14.8 Å². The van der Waals surface area contributed by atoms with Gasteiger partial charge in [-0.2, -0.15) is 0 Å². The largest absolute Gasteiger partial charge is 0.490 e. The number of nitrogens with zero attached hydrogens (tertiary/aromatic N) is 1. The molecule has 0 unspecified atom stereocenters. The van der Waals surface area contributed by atoms with Gasteiger partial charge in [0.1, 0.15) is 18.2 Å². The van der Waals surface area contributed by atoms with Crippen LogP contribution in [-0.4, -0.2) is 27.5 Å². The zero-order chi connectivity index (χ0) is 21.4. The van der Waals surface area contributed by atoms with Gasteiger partial charge in [-0.05, 0) is 69.2 Å². The number of carbonyl (C=O) groups excluding carboxylic acids is 1. The Morgan fingerprint density at radius 2 is 1.93 bits per heavy atom. The highest BCUT2D eigenvalue weighted by molar-refractivity contribution is 7.92. The van der Waals surface area contributed by atoms with Crippen LogP contribution in [0.15, 0.2) is 41.3 Å². The van der Waals surface area contributed by atoms with Gasteiger partial charge in [-0.1, -0.05) is 6.92 Å². The molecule has 0 saturated carbocycles. The molecule has 29 heavy (non-hydrogen) atoms. The van der Waals surface area contributed by atoms with E-state index in [1.54, 1.807) is 23.1 Å². The van der Waals surface area contributed by atoms with Crippen LogP contribution >= 0.6 is 0 Å². The van der Waals surface area contributed by atoms with Crippen molar-refractivity contribution in [2.24, 2.45) is 5.41 Å². The first-order chi connectivity index (χ1) is 13.5. The fraction of sp³-hybridized carbons (Fsp3) is 0.381. The number of hydrogen-bond donors (Lipinski definition) is 1. The Balaban J connectivity index is 2.00. The molecular formula is C21H25FN2O4S. The number of amides is 1. The number of aryl methyl sites for hydroxylation is 1. The average Bonchev–Trinajstić information content (AvgIpc) is 2.71. The summed E-state index contributed by atoms with van der Waals surface area (Å²) in [5.41, 5.74) is 0.433. The van der Waals surface area contributed by atoms with E-state index in [2.05, 4.69) is 4.72 Å². The minimum atomic E-state index is -3.92. The highest BCUT2D eigenvalue weighted by Crippen LogP contribution is 2.38. The van der Waals surface area contributed by atoms with Crippen molar-refractivity contribution < 1.29 is 22.3 Å². The van der Waals surface area contributed by atoms with E-state index in [-0.39, 0.29) is 17.4 Å². The summed E-state index contributed by atoms with van der Waals surface area (Å²) < 4.78 is 47.3. The molecule has 3 rings (SSSR count). The normalized spacial score (nSPS) is 16.0. The molecule has 8 heteroatoms. The SMILES string of the molecule is CCCN1C(=O)C(C)(C)COc2ccc(NS(=O)(=O)c3ccc(F)cc3C)cc21. The van der Waals surface area contributed by atoms with Gasteiger partial charge < -0.3 is 9.64 Å². The van der Waals surface area contributed by atoms with Crippen molar-refractivity contribution in [1.29, 1.82) is 0 Å². The maximum absolute atomic E-state index is 13.3. The van der Waals surface area contributed by atoms with Crippen molar-refractivity contribution in [2.45, 2.75) is 39.0 Å². The minimum absolute atomic E-state index is 0.00674. The van der Waals surface area contributed by atoms with Gasteiger partial charge in [-0.3, -0.25) is 9.52 Å². The summed E-state index contributed by atoms with van der Waals surface area (Å²) in [5, 5.41) is 0. The third kappa shape index (κ3) is 4.22. The van der Waals surface area contributed by atoms with E-state index >= 15 is 0 Å². The first-order valence-electron chi connectivity index (χ1n) is 9.43. The van der Waals surface area contributed by atoms with Gasteiger partial charge in [0.15, 0.2) is 0 Å². The van der Waals surface area contributed by atoms with Crippen LogP contribution in [0.3, 0.4) is 0 Å². The lowest BCUT2D eigenvalue weighted by Crippen LogP contribution is -2.42. The molecule has 6 nitrogen and oxygen atoms in total. The number of halogens is 1. The van der Waals surface area contributed by atoms with Gasteiger partial charge in [0.05, 0.1) is 21.7 Å². The van der Waals surface area contributed by atoms with Gasteiger partial charge in [-0.25, -0.2) is 12.8 Å². The highest BCUT2D eigenvalue weighted by Gasteiger charge is 2.37. The van der Waals surface area contributed by atoms with Crippen molar-refractivity contribution >= 4 is 27.3 Å². The second-order valence-electron chi connectivity index (χ2n) is 7.83. The van der Waals surface area contributed by atoms with E-state index < -0.39 is 21.3 Å². The standard InChI is InChI=1S/C21H25FN2O4S/c1-5-10-24-17-12-16(7-8-18(17)28-13-21(3,4)20(24)25)23-29(26,27)19-9-6-15(22)11-14(19)2/h6-9,11-12,23H,5,10,13H2,1-4H3. The van der Waals surface area contributed by atoms with Crippen molar-refractivity contribution in [3.63, 3.8) is 0 Å². The smallest absolute Gasteiger partial charge is 0.262 e. The number of sulfonamides is 1. The molecule has 0 fully saturated rings. The highest BCUT2D eigenvalue weighted by atomic mass is 32.2. The van der Waals surface area contributed by atoms with Gasteiger partial charge in [0.2, 0.25) is 5.91 Å². The fourth-order valence-electron chi connectivity index (χ4n) is 3.28. The molecule has 0 spiro atoms. The maximum atomic E-state index is 13.3. The minimum Gasteiger partial charge on any atom is -0.490 e. The molecule has 1 aliphatic heterocycles. The third-order valence-corrected chi connectivity index (χ3v) is 6.33. The van der Waals surface area contributed by atoms with Crippen molar-refractivity contribution in [2.75, 3.05) is 22.8 Å². The monoisotopic (exact) mass is 420 g/mol. The van der Waals surface area contributed by atoms with Gasteiger partial charge in [-0.15, -0.1) is 0 Å². The Morgan fingerprint density at radius 1 is 1.21 bits per heavy atom. The van der Waals surface area contributed by atoms with Crippen molar-refractivity contribution in [3.05, 3.63) is 47.8 Å². The topological polar surface area (TPSA) is 75.7 Å². The summed E-state index contributed by atoms with van der Waals surface area (Å²) in [5.74, 6) is -0.0502. The van der Waals surface area contributed by atoms with Gasteiger partial charge in [0.25, 0.3) is 10.0 Å². The molecule has 0 bridgehead atoms. The van der Waals surface area contributed by atoms with E-state index in [4.69, 9.17) is 4.74 Å². The molecule has 1 heterocycles. The molecule has 0 aromatic heterocycles. The number of anilines is 2. The van der Waals surface area contributed by atoms with Gasteiger partial charge in [0, 0.05) is 6.54 Å².